The van der Waals surface area contributed by atoms with Gasteiger partial charge in [-0.2, -0.15) is 5.10 Å². The number of nitrogens with zero attached hydrogens (tertiary/aromatic N) is 3. The Hall–Kier alpha value is -2.37. The van der Waals surface area contributed by atoms with Crippen LogP contribution in [0.1, 0.15) is 23.9 Å². The third-order valence-corrected chi connectivity index (χ3v) is 3.06. The van der Waals surface area contributed by atoms with E-state index in [1.807, 2.05) is 37.6 Å². The van der Waals surface area contributed by atoms with Crippen molar-refractivity contribution in [3.63, 3.8) is 0 Å². The van der Waals surface area contributed by atoms with Crippen LogP contribution in [0.3, 0.4) is 0 Å². The maximum absolute atomic E-state index is 11.1. The van der Waals surface area contributed by atoms with Gasteiger partial charge in [0, 0.05) is 18.3 Å². The highest BCUT2D eigenvalue weighted by Crippen LogP contribution is 2.25. The molecular formula is C14H18N4O2. The van der Waals surface area contributed by atoms with Crippen molar-refractivity contribution in [1.29, 1.82) is 0 Å². The predicted molar refractivity (Wildman–Crippen MR) is 78.1 cm³/mol. The lowest BCUT2D eigenvalue weighted by Gasteiger charge is -2.08. The summed E-state index contributed by atoms with van der Waals surface area (Å²) in [7, 11) is 0. The molecule has 0 fully saturated rings. The Morgan fingerprint density at radius 2 is 2.10 bits per heavy atom. The number of nitro benzene ring substituents is 1. The standard InChI is InChI=1S/C14H18N4O2/c1-4-15-13-6-5-12(8-14(13)18(19)20)9-17-11(3)7-10(2)16-17/h5-8,15H,4,9H2,1-3H3. The molecule has 106 valence electrons. The summed E-state index contributed by atoms with van der Waals surface area (Å²) in [5.74, 6) is 0. The molecule has 20 heavy (non-hydrogen) atoms. The lowest BCUT2D eigenvalue weighted by molar-refractivity contribution is -0.384. The van der Waals surface area contributed by atoms with E-state index in [9.17, 15) is 10.1 Å². The second kappa shape index (κ2) is 5.73. The van der Waals surface area contributed by atoms with Crippen LogP contribution in [0.4, 0.5) is 11.4 Å². The molecule has 0 aliphatic rings. The van der Waals surface area contributed by atoms with E-state index in [2.05, 4.69) is 10.4 Å². The summed E-state index contributed by atoms with van der Waals surface area (Å²) in [6.45, 7) is 7.00. The summed E-state index contributed by atoms with van der Waals surface area (Å²) >= 11 is 0. The van der Waals surface area contributed by atoms with E-state index < -0.39 is 0 Å². The molecule has 1 heterocycles. The number of anilines is 1. The van der Waals surface area contributed by atoms with Gasteiger partial charge in [0.2, 0.25) is 0 Å². The minimum Gasteiger partial charge on any atom is -0.380 e. The average Bonchev–Trinajstić information content (AvgIpc) is 2.69. The van der Waals surface area contributed by atoms with E-state index in [4.69, 9.17) is 0 Å². The van der Waals surface area contributed by atoms with Crippen LogP contribution in [0.5, 0.6) is 0 Å². The highest BCUT2D eigenvalue weighted by molar-refractivity contribution is 5.62. The molecular weight excluding hydrogens is 256 g/mol. The molecule has 0 radical (unpaired) electrons. The lowest BCUT2D eigenvalue weighted by atomic mass is 10.1. The zero-order valence-corrected chi connectivity index (χ0v) is 11.9. The van der Waals surface area contributed by atoms with Crippen LogP contribution in [0, 0.1) is 24.0 Å². The Balaban J connectivity index is 2.31. The number of aromatic nitrogens is 2. The van der Waals surface area contributed by atoms with Crippen LogP contribution in [-0.2, 0) is 6.54 Å². The molecule has 0 bridgehead atoms. The van der Waals surface area contributed by atoms with Crippen molar-refractivity contribution in [2.45, 2.75) is 27.3 Å². The Kier molecular flexibility index (Phi) is 4.02. The van der Waals surface area contributed by atoms with E-state index in [0.29, 0.717) is 18.8 Å². The second-order valence-electron chi connectivity index (χ2n) is 4.72. The third-order valence-electron chi connectivity index (χ3n) is 3.06. The first-order valence-corrected chi connectivity index (χ1v) is 6.53. The molecule has 0 unspecified atom stereocenters. The van der Waals surface area contributed by atoms with Crippen molar-refractivity contribution < 1.29 is 4.92 Å². The summed E-state index contributed by atoms with van der Waals surface area (Å²) in [5, 5.41) is 18.5. The zero-order valence-electron chi connectivity index (χ0n) is 11.9. The van der Waals surface area contributed by atoms with Gasteiger partial charge in [-0.3, -0.25) is 14.8 Å². The molecule has 0 atom stereocenters. The number of rotatable bonds is 5. The van der Waals surface area contributed by atoms with Crippen molar-refractivity contribution in [2.75, 3.05) is 11.9 Å². The van der Waals surface area contributed by atoms with Crippen molar-refractivity contribution in [1.82, 2.24) is 9.78 Å². The number of nitro groups is 1. The first-order valence-electron chi connectivity index (χ1n) is 6.53. The molecule has 6 nitrogen and oxygen atoms in total. The van der Waals surface area contributed by atoms with E-state index in [1.54, 1.807) is 12.1 Å². The fourth-order valence-corrected chi connectivity index (χ4v) is 2.17. The van der Waals surface area contributed by atoms with Gasteiger partial charge in [0.1, 0.15) is 5.69 Å². The maximum atomic E-state index is 11.1. The summed E-state index contributed by atoms with van der Waals surface area (Å²) < 4.78 is 1.85. The lowest BCUT2D eigenvalue weighted by Crippen LogP contribution is -2.06. The van der Waals surface area contributed by atoms with Crippen molar-refractivity contribution in [3.05, 3.63) is 51.3 Å². The molecule has 0 saturated carbocycles. The molecule has 0 aliphatic carbocycles. The Bertz CT molecular complexity index is 634. The van der Waals surface area contributed by atoms with Gasteiger partial charge in [0.05, 0.1) is 17.2 Å². The van der Waals surface area contributed by atoms with Crippen LogP contribution in [0.15, 0.2) is 24.3 Å². The Morgan fingerprint density at radius 1 is 1.35 bits per heavy atom. The number of aryl methyl sites for hydroxylation is 2. The van der Waals surface area contributed by atoms with Gasteiger partial charge in [-0.05, 0) is 38.5 Å². The minimum absolute atomic E-state index is 0.103. The molecule has 2 rings (SSSR count). The molecule has 0 saturated heterocycles. The van der Waals surface area contributed by atoms with E-state index in [-0.39, 0.29) is 10.6 Å². The van der Waals surface area contributed by atoms with Gasteiger partial charge < -0.3 is 5.32 Å². The van der Waals surface area contributed by atoms with Crippen molar-refractivity contribution in [2.24, 2.45) is 0 Å². The van der Waals surface area contributed by atoms with Crippen molar-refractivity contribution >= 4 is 11.4 Å². The van der Waals surface area contributed by atoms with Gasteiger partial charge in [0.15, 0.2) is 0 Å². The first kappa shape index (κ1) is 14.0. The third kappa shape index (κ3) is 2.96. The fraction of sp³-hybridized carbons (Fsp3) is 0.357. The SMILES string of the molecule is CCNc1ccc(Cn2nc(C)cc2C)cc1[N+](=O)[O-]. The van der Waals surface area contributed by atoms with E-state index in [1.165, 1.54) is 0 Å². The number of benzene rings is 1. The normalized spacial score (nSPS) is 10.6. The molecule has 0 amide bonds. The van der Waals surface area contributed by atoms with Crippen LogP contribution >= 0.6 is 0 Å². The largest absolute Gasteiger partial charge is 0.380 e. The van der Waals surface area contributed by atoms with Gasteiger partial charge in [-0.15, -0.1) is 0 Å². The molecule has 2 aromatic rings. The quantitative estimate of drug-likeness (QED) is 0.672. The maximum Gasteiger partial charge on any atom is 0.292 e. The summed E-state index contributed by atoms with van der Waals surface area (Å²) in [4.78, 5) is 10.8. The Morgan fingerprint density at radius 3 is 2.65 bits per heavy atom. The van der Waals surface area contributed by atoms with Gasteiger partial charge in [-0.25, -0.2) is 0 Å². The van der Waals surface area contributed by atoms with Crippen LogP contribution in [-0.4, -0.2) is 21.2 Å². The average molecular weight is 274 g/mol. The summed E-state index contributed by atoms with van der Waals surface area (Å²) in [5.41, 5.74) is 3.51. The zero-order chi connectivity index (χ0) is 14.7. The van der Waals surface area contributed by atoms with Crippen LogP contribution in [0.2, 0.25) is 0 Å². The van der Waals surface area contributed by atoms with E-state index >= 15 is 0 Å². The molecule has 0 spiro atoms. The minimum atomic E-state index is -0.358. The monoisotopic (exact) mass is 274 g/mol. The molecule has 0 aliphatic heterocycles. The van der Waals surface area contributed by atoms with Gasteiger partial charge >= 0.3 is 0 Å². The number of hydrogen-bond acceptors (Lipinski definition) is 4. The number of hydrogen-bond donors (Lipinski definition) is 1. The molecule has 1 N–H and O–H groups in total. The van der Waals surface area contributed by atoms with Gasteiger partial charge in [0.25, 0.3) is 5.69 Å². The topological polar surface area (TPSA) is 73.0 Å². The summed E-state index contributed by atoms with van der Waals surface area (Å²) in [6.07, 6.45) is 0. The Labute approximate surface area is 117 Å². The second-order valence-corrected chi connectivity index (χ2v) is 4.72. The van der Waals surface area contributed by atoms with Crippen molar-refractivity contribution in [3.8, 4) is 0 Å². The molecule has 6 heteroatoms. The molecule has 1 aromatic heterocycles. The fourth-order valence-electron chi connectivity index (χ4n) is 2.17. The van der Waals surface area contributed by atoms with E-state index in [0.717, 1.165) is 17.0 Å². The van der Waals surface area contributed by atoms with Crippen LogP contribution in [0.25, 0.3) is 0 Å². The highest BCUT2D eigenvalue weighted by atomic mass is 16.6. The van der Waals surface area contributed by atoms with Crippen LogP contribution < -0.4 is 5.32 Å². The molecule has 1 aromatic carbocycles. The van der Waals surface area contributed by atoms with Gasteiger partial charge in [-0.1, -0.05) is 6.07 Å². The predicted octanol–water partition coefficient (Wildman–Crippen LogP) is 2.89. The highest BCUT2D eigenvalue weighted by Gasteiger charge is 2.14. The smallest absolute Gasteiger partial charge is 0.292 e. The number of nitrogens with one attached hydrogen (secondary N) is 1. The summed E-state index contributed by atoms with van der Waals surface area (Å²) in [6, 6.07) is 7.24. The first-order chi connectivity index (χ1) is 9.51.